The Labute approximate surface area is 97.3 Å². The number of carboxylic acid groups (broad SMARTS) is 1. The van der Waals surface area contributed by atoms with Gasteiger partial charge in [-0.2, -0.15) is 5.10 Å². The maximum atomic E-state index is 11.8. The van der Waals surface area contributed by atoms with Gasteiger partial charge in [0, 0.05) is 18.4 Å². The molecular formula is C12H11N2O3-. The van der Waals surface area contributed by atoms with Gasteiger partial charge < -0.3 is 9.90 Å². The monoisotopic (exact) mass is 231 g/mol. The second-order valence-electron chi connectivity index (χ2n) is 3.90. The van der Waals surface area contributed by atoms with Gasteiger partial charge in [0.25, 0.3) is 5.56 Å². The van der Waals surface area contributed by atoms with Crippen LogP contribution in [-0.4, -0.2) is 15.7 Å². The molecule has 0 aliphatic rings. The van der Waals surface area contributed by atoms with Crippen LogP contribution in [0.4, 0.5) is 0 Å². The summed E-state index contributed by atoms with van der Waals surface area (Å²) in [5.41, 5.74) is 0.109. The SMILES string of the molecule is C[C@H](C(=O)[O-])c1nn(C)c(=O)c2ccccc12. The Morgan fingerprint density at radius 3 is 2.53 bits per heavy atom. The zero-order chi connectivity index (χ0) is 12.6. The number of aliphatic carboxylic acids is 1. The maximum absolute atomic E-state index is 11.8. The van der Waals surface area contributed by atoms with Crippen molar-refractivity contribution in [3.63, 3.8) is 0 Å². The highest BCUT2D eigenvalue weighted by Gasteiger charge is 2.15. The minimum absolute atomic E-state index is 0.241. The van der Waals surface area contributed by atoms with Gasteiger partial charge >= 0.3 is 0 Å². The first-order valence-corrected chi connectivity index (χ1v) is 5.19. The molecule has 0 spiro atoms. The fourth-order valence-electron chi connectivity index (χ4n) is 1.76. The summed E-state index contributed by atoms with van der Waals surface area (Å²) < 4.78 is 1.15. The molecule has 0 saturated carbocycles. The smallest absolute Gasteiger partial charge is 0.274 e. The van der Waals surface area contributed by atoms with E-state index in [1.807, 2.05) is 0 Å². The van der Waals surface area contributed by atoms with Crippen molar-refractivity contribution in [2.75, 3.05) is 0 Å². The Morgan fingerprint density at radius 1 is 1.35 bits per heavy atom. The predicted octanol–water partition coefficient (Wildman–Crippen LogP) is -0.213. The highest BCUT2D eigenvalue weighted by molar-refractivity contribution is 5.87. The van der Waals surface area contributed by atoms with E-state index in [4.69, 9.17) is 0 Å². The van der Waals surface area contributed by atoms with Gasteiger partial charge in [0.05, 0.1) is 17.0 Å². The lowest BCUT2D eigenvalue weighted by Gasteiger charge is -2.15. The normalized spacial score (nSPS) is 12.6. The Balaban J connectivity index is 2.85. The molecule has 1 atom stereocenters. The Kier molecular flexibility index (Phi) is 2.67. The fourth-order valence-corrected chi connectivity index (χ4v) is 1.76. The van der Waals surface area contributed by atoms with E-state index in [-0.39, 0.29) is 5.56 Å². The molecule has 1 aromatic heterocycles. The average Bonchev–Trinajstić information content (AvgIpc) is 2.33. The molecule has 0 bridgehead atoms. The molecule has 0 fully saturated rings. The zero-order valence-electron chi connectivity index (χ0n) is 9.51. The van der Waals surface area contributed by atoms with Crippen LogP contribution in [0, 0.1) is 0 Å². The van der Waals surface area contributed by atoms with Crippen LogP contribution in [0.25, 0.3) is 10.8 Å². The minimum Gasteiger partial charge on any atom is -0.549 e. The van der Waals surface area contributed by atoms with E-state index in [2.05, 4.69) is 5.10 Å². The van der Waals surface area contributed by atoms with Crippen molar-refractivity contribution < 1.29 is 9.90 Å². The van der Waals surface area contributed by atoms with Gasteiger partial charge in [-0.15, -0.1) is 0 Å². The number of hydrogen-bond donors (Lipinski definition) is 0. The molecule has 0 unspecified atom stereocenters. The Morgan fingerprint density at radius 2 is 1.94 bits per heavy atom. The van der Waals surface area contributed by atoms with Crippen molar-refractivity contribution in [3.8, 4) is 0 Å². The summed E-state index contributed by atoms with van der Waals surface area (Å²) in [6.07, 6.45) is 0. The van der Waals surface area contributed by atoms with Crippen LogP contribution in [-0.2, 0) is 11.8 Å². The fraction of sp³-hybridized carbons (Fsp3) is 0.250. The third-order valence-electron chi connectivity index (χ3n) is 2.75. The highest BCUT2D eigenvalue weighted by atomic mass is 16.4. The lowest BCUT2D eigenvalue weighted by atomic mass is 10.0. The van der Waals surface area contributed by atoms with Crippen LogP contribution in [0.1, 0.15) is 18.5 Å². The summed E-state index contributed by atoms with van der Waals surface area (Å²) in [7, 11) is 1.50. The van der Waals surface area contributed by atoms with E-state index in [1.165, 1.54) is 14.0 Å². The summed E-state index contributed by atoms with van der Waals surface area (Å²) in [4.78, 5) is 22.7. The maximum Gasteiger partial charge on any atom is 0.274 e. The number of benzene rings is 1. The number of hydrogen-bond acceptors (Lipinski definition) is 4. The molecule has 0 saturated heterocycles. The number of aryl methyl sites for hydroxylation is 1. The number of rotatable bonds is 2. The molecule has 1 heterocycles. The second kappa shape index (κ2) is 4.01. The van der Waals surface area contributed by atoms with Crippen molar-refractivity contribution in [2.45, 2.75) is 12.8 Å². The molecular weight excluding hydrogens is 220 g/mol. The minimum atomic E-state index is -1.21. The van der Waals surface area contributed by atoms with Gasteiger partial charge in [0.15, 0.2) is 0 Å². The van der Waals surface area contributed by atoms with E-state index < -0.39 is 11.9 Å². The predicted molar refractivity (Wildman–Crippen MR) is 60.4 cm³/mol. The quantitative estimate of drug-likeness (QED) is 0.716. The van der Waals surface area contributed by atoms with Gasteiger partial charge in [-0.1, -0.05) is 25.1 Å². The molecule has 17 heavy (non-hydrogen) atoms. The molecule has 0 aliphatic carbocycles. The van der Waals surface area contributed by atoms with Gasteiger partial charge in [0.1, 0.15) is 0 Å². The van der Waals surface area contributed by atoms with Crippen LogP contribution < -0.4 is 10.7 Å². The number of fused-ring (bicyclic) bond motifs is 1. The lowest BCUT2D eigenvalue weighted by Crippen LogP contribution is -2.31. The van der Waals surface area contributed by atoms with E-state index in [0.29, 0.717) is 16.5 Å². The summed E-state index contributed by atoms with van der Waals surface area (Å²) in [5, 5.41) is 15.9. The van der Waals surface area contributed by atoms with Crippen molar-refractivity contribution in [2.24, 2.45) is 7.05 Å². The molecule has 2 rings (SSSR count). The third kappa shape index (κ3) is 1.80. The zero-order valence-corrected chi connectivity index (χ0v) is 9.51. The van der Waals surface area contributed by atoms with Crippen LogP contribution in [0.15, 0.2) is 29.1 Å². The van der Waals surface area contributed by atoms with Crippen molar-refractivity contribution in [3.05, 3.63) is 40.3 Å². The standard InChI is InChI=1S/C12H12N2O3/c1-7(12(16)17)10-8-5-3-4-6-9(8)11(15)14(2)13-10/h3-7H,1-2H3,(H,16,17)/p-1/t7-/m0/s1. The van der Waals surface area contributed by atoms with Crippen LogP contribution in [0.5, 0.6) is 0 Å². The first kappa shape index (κ1) is 11.3. The van der Waals surface area contributed by atoms with Crippen LogP contribution in [0.2, 0.25) is 0 Å². The molecule has 0 aliphatic heterocycles. The molecule has 0 amide bonds. The Bertz CT molecular complexity index is 646. The van der Waals surface area contributed by atoms with Gasteiger partial charge in [0.2, 0.25) is 0 Å². The summed E-state index contributed by atoms with van der Waals surface area (Å²) in [5.74, 6) is -2.06. The van der Waals surface area contributed by atoms with Gasteiger partial charge in [-0.3, -0.25) is 4.79 Å². The van der Waals surface area contributed by atoms with Crippen molar-refractivity contribution in [1.29, 1.82) is 0 Å². The average molecular weight is 231 g/mol. The number of carbonyl (C=O) groups is 1. The molecule has 2 aromatic rings. The van der Waals surface area contributed by atoms with Crippen molar-refractivity contribution in [1.82, 2.24) is 9.78 Å². The number of nitrogens with zero attached hydrogens (tertiary/aromatic N) is 2. The number of aromatic nitrogens is 2. The molecule has 1 aromatic carbocycles. The molecule has 88 valence electrons. The Hall–Kier alpha value is -2.17. The van der Waals surface area contributed by atoms with Crippen LogP contribution >= 0.6 is 0 Å². The summed E-state index contributed by atoms with van der Waals surface area (Å²) >= 11 is 0. The first-order chi connectivity index (χ1) is 8.02. The largest absolute Gasteiger partial charge is 0.549 e. The lowest BCUT2D eigenvalue weighted by molar-refractivity contribution is -0.307. The third-order valence-corrected chi connectivity index (χ3v) is 2.75. The van der Waals surface area contributed by atoms with E-state index in [1.54, 1.807) is 24.3 Å². The van der Waals surface area contributed by atoms with Gasteiger partial charge in [-0.25, -0.2) is 4.68 Å². The number of carboxylic acids is 1. The topological polar surface area (TPSA) is 75.0 Å². The molecule has 0 N–H and O–H groups in total. The van der Waals surface area contributed by atoms with E-state index in [9.17, 15) is 14.7 Å². The highest BCUT2D eigenvalue weighted by Crippen LogP contribution is 2.20. The van der Waals surface area contributed by atoms with Gasteiger partial charge in [-0.05, 0) is 6.07 Å². The molecule has 0 radical (unpaired) electrons. The second-order valence-corrected chi connectivity index (χ2v) is 3.90. The molecule has 5 heteroatoms. The summed E-state index contributed by atoms with van der Waals surface area (Å²) in [6.45, 7) is 1.49. The molecule has 5 nitrogen and oxygen atoms in total. The number of carbonyl (C=O) groups excluding carboxylic acids is 1. The van der Waals surface area contributed by atoms with E-state index in [0.717, 1.165) is 4.68 Å². The van der Waals surface area contributed by atoms with E-state index >= 15 is 0 Å². The van der Waals surface area contributed by atoms with Crippen LogP contribution in [0.3, 0.4) is 0 Å². The summed E-state index contributed by atoms with van der Waals surface area (Å²) in [6, 6.07) is 6.83. The first-order valence-electron chi connectivity index (χ1n) is 5.19. The van der Waals surface area contributed by atoms with Crippen molar-refractivity contribution >= 4 is 16.7 Å².